The molecule has 0 bridgehead atoms. The van der Waals surface area contributed by atoms with Crippen LogP contribution in [0.5, 0.6) is 11.5 Å². The van der Waals surface area contributed by atoms with E-state index < -0.39 is 27.8 Å². The van der Waals surface area contributed by atoms with E-state index in [0.29, 0.717) is 69.2 Å². The summed E-state index contributed by atoms with van der Waals surface area (Å²) < 4.78 is 83.2. The second-order valence-electron chi connectivity index (χ2n) is 10.6. The molecule has 0 radical (unpaired) electrons. The third kappa shape index (κ3) is 6.12. The molecule has 0 aliphatic carbocycles. The van der Waals surface area contributed by atoms with Crippen LogP contribution in [0.1, 0.15) is 35.4 Å². The molecule has 0 amide bonds. The minimum atomic E-state index is -4.90. The first kappa shape index (κ1) is 31.3. The Morgan fingerprint density at radius 1 is 0.978 bits per heavy atom. The predicted octanol–water partition coefficient (Wildman–Crippen LogP) is 7.62. The van der Waals surface area contributed by atoms with Gasteiger partial charge in [0.25, 0.3) is 0 Å². The summed E-state index contributed by atoms with van der Waals surface area (Å²) in [5.74, 6) is 0.788. The molecule has 45 heavy (non-hydrogen) atoms. The van der Waals surface area contributed by atoms with Gasteiger partial charge in [-0.25, -0.2) is 8.42 Å². The number of rotatable bonds is 7. The first-order valence-corrected chi connectivity index (χ1v) is 16.5. The van der Waals surface area contributed by atoms with Gasteiger partial charge in [-0.05, 0) is 59.8 Å². The van der Waals surface area contributed by atoms with Gasteiger partial charge in [0.2, 0.25) is 10.0 Å². The molecule has 3 heterocycles. The van der Waals surface area contributed by atoms with Crippen molar-refractivity contribution >= 4 is 43.0 Å². The lowest BCUT2D eigenvalue weighted by molar-refractivity contribution is -0.258. The van der Waals surface area contributed by atoms with Crippen molar-refractivity contribution in [2.45, 2.75) is 36.1 Å². The van der Waals surface area contributed by atoms with Crippen LogP contribution in [-0.4, -0.2) is 37.9 Å². The van der Waals surface area contributed by atoms with Gasteiger partial charge in [0.05, 0.1) is 29.8 Å². The van der Waals surface area contributed by atoms with Crippen LogP contribution >= 0.6 is 22.9 Å². The van der Waals surface area contributed by atoms with Gasteiger partial charge in [-0.3, -0.25) is 4.98 Å². The number of nitrogens with zero attached hydrogens (tertiary/aromatic N) is 1. The molecular weight excluding hydrogens is 649 g/mol. The van der Waals surface area contributed by atoms with Gasteiger partial charge in [0.15, 0.2) is 17.1 Å². The summed E-state index contributed by atoms with van der Waals surface area (Å²) in [6, 6.07) is 19.8. The van der Waals surface area contributed by atoms with Crippen LogP contribution < -0.4 is 14.2 Å². The summed E-state index contributed by atoms with van der Waals surface area (Å²) in [5.41, 5.74) is -2.19. The van der Waals surface area contributed by atoms with Crippen molar-refractivity contribution in [2.24, 2.45) is 0 Å². The van der Waals surface area contributed by atoms with Gasteiger partial charge in [-0.15, -0.1) is 11.3 Å². The number of aliphatic hydroxyl groups is 1. The molecule has 6 rings (SSSR count). The average molecular weight is 675 g/mol. The maximum absolute atomic E-state index is 13.8. The number of aromatic nitrogens is 1. The number of nitrogens with one attached hydrogen (secondary N) is 1. The Morgan fingerprint density at radius 2 is 1.73 bits per heavy atom. The molecule has 1 aliphatic rings. The van der Waals surface area contributed by atoms with Gasteiger partial charge in [-0.2, -0.15) is 17.9 Å². The Balaban J connectivity index is 1.43. The van der Waals surface area contributed by atoms with E-state index in [2.05, 4.69) is 9.71 Å². The van der Waals surface area contributed by atoms with Crippen LogP contribution in [0, 0.1) is 0 Å². The van der Waals surface area contributed by atoms with Gasteiger partial charge >= 0.3 is 6.18 Å². The van der Waals surface area contributed by atoms with E-state index >= 15 is 0 Å². The largest absolute Gasteiger partial charge is 0.490 e. The van der Waals surface area contributed by atoms with Crippen molar-refractivity contribution in [3.05, 3.63) is 106 Å². The van der Waals surface area contributed by atoms with Gasteiger partial charge in [-0.1, -0.05) is 48.0 Å². The summed E-state index contributed by atoms with van der Waals surface area (Å²) in [6.45, 7) is 1.54. The average Bonchev–Trinajstić information content (AvgIpc) is 3.30. The second-order valence-corrected chi connectivity index (χ2v) is 13.8. The van der Waals surface area contributed by atoms with E-state index in [4.69, 9.17) is 21.1 Å². The first-order valence-electron chi connectivity index (χ1n) is 13.8. The van der Waals surface area contributed by atoms with E-state index in [0.717, 1.165) is 6.07 Å². The molecule has 0 fully saturated rings. The fourth-order valence-electron chi connectivity index (χ4n) is 4.99. The molecule has 1 aliphatic heterocycles. The Bertz CT molecular complexity index is 2000. The molecule has 13 heteroatoms. The van der Waals surface area contributed by atoms with Crippen molar-refractivity contribution in [2.75, 3.05) is 13.2 Å². The Hall–Kier alpha value is -3.68. The Kier molecular flexibility index (Phi) is 8.29. The van der Waals surface area contributed by atoms with Gasteiger partial charge < -0.3 is 14.6 Å². The van der Waals surface area contributed by atoms with Crippen molar-refractivity contribution in [3.8, 4) is 22.8 Å². The highest BCUT2D eigenvalue weighted by Gasteiger charge is 2.51. The fraction of sp³-hybridized carbons (Fsp3) is 0.219. The highest BCUT2D eigenvalue weighted by Crippen LogP contribution is 2.43. The van der Waals surface area contributed by atoms with Gasteiger partial charge in [0.1, 0.15) is 0 Å². The number of hydrogen-bond donors (Lipinski definition) is 2. The summed E-state index contributed by atoms with van der Waals surface area (Å²) in [6.07, 6.45) is -3.02. The summed E-state index contributed by atoms with van der Waals surface area (Å²) in [5, 5.41) is 11.3. The van der Waals surface area contributed by atoms with Gasteiger partial charge in [0, 0.05) is 38.8 Å². The molecule has 0 saturated heterocycles. The zero-order valence-electron chi connectivity index (χ0n) is 23.6. The number of halogens is 4. The predicted molar refractivity (Wildman–Crippen MR) is 166 cm³/mol. The summed E-state index contributed by atoms with van der Waals surface area (Å²) in [4.78, 5) is 4.86. The number of fused-ring (bicyclic) bond motifs is 2. The van der Waals surface area contributed by atoms with Crippen LogP contribution in [-0.2, 0) is 15.6 Å². The molecule has 0 spiro atoms. The lowest BCUT2D eigenvalue weighted by atomic mass is 9.94. The molecular formula is C32H26ClF3N2O5S2. The number of benzene rings is 3. The van der Waals surface area contributed by atoms with E-state index in [-0.39, 0.29) is 16.2 Å². The van der Waals surface area contributed by atoms with Crippen molar-refractivity contribution < 1.29 is 36.2 Å². The first-order chi connectivity index (χ1) is 21.3. The normalized spacial score (nSPS) is 15.8. The SMILES string of the molecule is C[C@](O)(c1ccnc(-c2cccc3cc(C(NS(=O)(=O)c4ccc5c(c4)OCCCO5)c4ccccc4Cl)sc23)c1)C(F)(F)F. The molecule has 2 aromatic heterocycles. The molecule has 3 aromatic carbocycles. The minimum absolute atomic E-state index is 0.0247. The lowest BCUT2D eigenvalue weighted by Gasteiger charge is -2.26. The van der Waals surface area contributed by atoms with Crippen LogP contribution in [0.4, 0.5) is 13.2 Å². The van der Waals surface area contributed by atoms with Crippen LogP contribution in [0.15, 0.2) is 90.0 Å². The fourth-order valence-corrected chi connectivity index (χ4v) is 7.77. The number of thiophene rings is 1. The number of hydrogen-bond acceptors (Lipinski definition) is 7. The number of ether oxygens (including phenoxy) is 2. The topological polar surface area (TPSA) is 97.8 Å². The second kappa shape index (κ2) is 11.9. The van der Waals surface area contributed by atoms with Crippen molar-refractivity contribution in [1.82, 2.24) is 9.71 Å². The third-order valence-electron chi connectivity index (χ3n) is 7.52. The van der Waals surface area contributed by atoms with E-state index in [1.54, 1.807) is 42.5 Å². The number of alkyl halides is 3. The Morgan fingerprint density at radius 3 is 2.49 bits per heavy atom. The molecule has 1 unspecified atom stereocenters. The smallest absolute Gasteiger partial charge is 0.421 e. The summed E-state index contributed by atoms with van der Waals surface area (Å²) >= 11 is 7.84. The van der Waals surface area contributed by atoms with E-state index in [1.165, 1.54) is 35.7 Å². The van der Waals surface area contributed by atoms with Crippen LogP contribution in [0.3, 0.4) is 0 Å². The monoisotopic (exact) mass is 674 g/mol. The highest BCUT2D eigenvalue weighted by molar-refractivity contribution is 7.89. The molecule has 0 saturated carbocycles. The number of pyridine rings is 1. The zero-order chi connectivity index (χ0) is 32.0. The van der Waals surface area contributed by atoms with E-state index in [1.807, 2.05) is 12.1 Å². The van der Waals surface area contributed by atoms with Crippen LogP contribution in [0.2, 0.25) is 5.02 Å². The molecule has 2 N–H and O–H groups in total. The molecule has 5 aromatic rings. The van der Waals surface area contributed by atoms with E-state index in [9.17, 15) is 26.7 Å². The highest BCUT2D eigenvalue weighted by atomic mass is 35.5. The minimum Gasteiger partial charge on any atom is -0.490 e. The van der Waals surface area contributed by atoms with Crippen molar-refractivity contribution in [1.29, 1.82) is 0 Å². The molecule has 7 nitrogen and oxygen atoms in total. The number of sulfonamides is 1. The van der Waals surface area contributed by atoms with Crippen LogP contribution in [0.25, 0.3) is 21.3 Å². The molecule has 2 atom stereocenters. The maximum Gasteiger partial charge on any atom is 0.421 e. The van der Waals surface area contributed by atoms with Crippen molar-refractivity contribution in [3.63, 3.8) is 0 Å². The summed E-state index contributed by atoms with van der Waals surface area (Å²) in [7, 11) is -4.14. The third-order valence-corrected chi connectivity index (χ3v) is 10.5. The quantitative estimate of drug-likeness (QED) is 0.184. The lowest BCUT2D eigenvalue weighted by Crippen LogP contribution is -2.39. The zero-order valence-corrected chi connectivity index (χ0v) is 26.0. The maximum atomic E-state index is 13.8. The standard InChI is InChI=1S/C32H26ClF3N2O5S2/c1-31(39,32(34,35)36)20-12-13-37-25(17-20)23-8-4-6-19-16-28(44-30(19)23)29(22-7-2-3-9-24(22)33)38-45(40,41)21-10-11-26-27(18-21)43-15-5-14-42-26/h2-4,6-13,16-18,29,38-39H,5,14-15H2,1H3/t29?,31-/m0/s1. The Labute approximate surface area is 266 Å². The molecule has 234 valence electrons.